The van der Waals surface area contributed by atoms with Crippen LogP contribution in [0.5, 0.6) is 0 Å². The van der Waals surface area contributed by atoms with Crippen LogP contribution in [0.1, 0.15) is 46.5 Å². The third kappa shape index (κ3) is 2.31. The van der Waals surface area contributed by atoms with Crippen molar-refractivity contribution in [2.24, 2.45) is 29.1 Å². The highest BCUT2D eigenvalue weighted by Crippen LogP contribution is 2.57. The van der Waals surface area contributed by atoms with Gasteiger partial charge in [0, 0.05) is 34.6 Å². The van der Waals surface area contributed by atoms with Crippen LogP contribution >= 0.6 is 0 Å². The number of carbonyl (C=O) groups is 1. The van der Waals surface area contributed by atoms with Crippen LogP contribution in [0.3, 0.4) is 0 Å². The van der Waals surface area contributed by atoms with E-state index in [0.717, 1.165) is 25.0 Å². The van der Waals surface area contributed by atoms with Gasteiger partial charge in [0.1, 0.15) is 5.78 Å². The van der Waals surface area contributed by atoms with Gasteiger partial charge in [0.25, 0.3) is 0 Å². The quantitative estimate of drug-likeness (QED) is 0.787. The number of fused-ring (bicyclic) bond motifs is 3. The number of carbonyl (C=O) groups excluding carboxylic acids is 1. The summed E-state index contributed by atoms with van der Waals surface area (Å²) >= 11 is 0. The molecule has 0 aliphatic heterocycles. The second-order valence-electron chi connectivity index (χ2n) is 6.75. The number of Topliss-reactive ketones (excluding diaryl/α,β-unsaturated/α-hetero) is 1. The van der Waals surface area contributed by atoms with Crippen LogP contribution in [0.15, 0.2) is 0 Å². The Labute approximate surface area is 113 Å². The third-order valence-corrected chi connectivity index (χ3v) is 6.59. The SMILES string of the molecule is C[C@@H]1C(=O)[C@@H]2CC[C@]1(C)[C@H]([C@@H](C)CCS(C)=O)C2. The van der Waals surface area contributed by atoms with Crippen LogP contribution in [0, 0.1) is 29.1 Å². The fraction of sp³-hybridized carbons (Fsp3) is 0.933. The molecule has 0 aromatic rings. The number of rotatable bonds is 4. The van der Waals surface area contributed by atoms with E-state index in [0.29, 0.717) is 23.5 Å². The molecule has 6 atom stereocenters. The molecule has 0 heterocycles. The van der Waals surface area contributed by atoms with Gasteiger partial charge < -0.3 is 0 Å². The van der Waals surface area contributed by atoms with E-state index < -0.39 is 10.8 Å². The average molecular weight is 270 g/mol. The minimum absolute atomic E-state index is 0.195. The molecule has 3 aliphatic carbocycles. The maximum Gasteiger partial charge on any atom is 0.139 e. The van der Waals surface area contributed by atoms with Crippen molar-refractivity contribution in [1.82, 2.24) is 0 Å². The molecule has 104 valence electrons. The lowest BCUT2D eigenvalue weighted by atomic mass is 9.48. The summed E-state index contributed by atoms with van der Waals surface area (Å²) < 4.78 is 11.2. The standard InChI is InChI=1S/C15H26O2S/c1-10(6-8-18(4)17)13-9-12-5-7-15(13,3)11(2)14(12)16/h10-13H,5-9H2,1-4H3/t10-,11+,12+,13-,15-,18?/m0/s1. The first-order valence-electron chi connectivity index (χ1n) is 7.20. The largest absolute Gasteiger partial charge is 0.299 e. The summed E-state index contributed by atoms with van der Waals surface area (Å²) in [6.07, 6.45) is 6.21. The van der Waals surface area contributed by atoms with E-state index in [-0.39, 0.29) is 11.3 Å². The van der Waals surface area contributed by atoms with E-state index in [2.05, 4.69) is 20.8 Å². The van der Waals surface area contributed by atoms with Crippen molar-refractivity contribution in [2.45, 2.75) is 46.5 Å². The van der Waals surface area contributed by atoms with Crippen molar-refractivity contribution in [1.29, 1.82) is 0 Å². The molecule has 0 amide bonds. The van der Waals surface area contributed by atoms with Crippen molar-refractivity contribution in [3.8, 4) is 0 Å². The van der Waals surface area contributed by atoms with Gasteiger partial charge in [-0.05, 0) is 42.9 Å². The lowest BCUT2D eigenvalue weighted by Crippen LogP contribution is -2.53. The van der Waals surface area contributed by atoms with E-state index in [1.165, 1.54) is 6.42 Å². The summed E-state index contributed by atoms with van der Waals surface area (Å²) in [5.41, 5.74) is 0.195. The highest BCUT2D eigenvalue weighted by molar-refractivity contribution is 7.84. The monoisotopic (exact) mass is 270 g/mol. The Hall–Kier alpha value is -0.180. The summed E-state index contributed by atoms with van der Waals surface area (Å²) in [4.78, 5) is 12.2. The van der Waals surface area contributed by atoms with Crippen LogP contribution in [0.4, 0.5) is 0 Å². The van der Waals surface area contributed by atoms with Crippen molar-refractivity contribution in [3.05, 3.63) is 0 Å². The fourth-order valence-corrected chi connectivity index (χ4v) is 4.98. The zero-order valence-electron chi connectivity index (χ0n) is 12.1. The molecule has 3 aliphatic rings. The molecule has 3 saturated carbocycles. The first-order valence-corrected chi connectivity index (χ1v) is 8.92. The molecular weight excluding hydrogens is 244 g/mol. The molecule has 0 N–H and O–H groups in total. The van der Waals surface area contributed by atoms with Crippen LogP contribution in [-0.2, 0) is 15.6 Å². The summed E-state index contributed by atoms with van der Waals surface area (Å²) in [5.74, 6) is 3.10. The van der Waals surface area contributed by atoms with E-state index in [9.17, 15) is 9.00 Å². The molecule has 1 unspecified atom stereocenters. The summed E-state index contributed by atoms with van der Waals surface area (Å²) in [5, 5.41) is 0. The van der Waals surface area contributed by atoms with Crippen molar-refractivity contribution in [3.63, 3.8) is 0 Å². The summed E-state index contributed by atoms with van der Waals surface area (Å²) in [7, 11) is -0.689. The van der Waals surface area contributed by atoms with Gasteiger partial charge in [-0.3, -0.25) is 9.00 Å². The first kappa shape index (κ1) is 14.2. The maximum absolute atomic E-state index is 12.2. The van der Waals surface area contributed by atoms with Crippen molar-refractivity contribution in [2.75, 3.05) is 12.0 Å². The highest BCUT2D eigenvalue weighted by atomic mass is 32.2. The molecule has 0 radical (unpaired) electrons. The fourth-order valence-electron chi connectivity index (χ4n) is 4.27. The Balaban J connectivity index is 2.10. The number of hydrogen-bond acceptors (Lipinski definition) is 2. The van der Waals surface area contributed by atoms with Crippen LogP contribution in [0.2, 0.25) is 0 Å². The third-order valence-electron chi connectivity index (χ3n) is 5.78. The van der Waals surface area contributed by atoms with Gasteiger partial charge in [-0.25, -0.2) is 0 Å². The summed E-state index contributed by atoms with van der Waals surface area (Å²) in [6, 6.07) is 0. The number of hydrogen-bond donors (Lipinski definition) is 0. The molecule has 0 spiro atoms. The molecule has 3 rings (SSSR count). The molecule has 0 aromatic heterocycles. The van der Waals surface area contributed by atoms with Gasteiger partial charge in [0.2, 0.25) is 0 Å². The minimum atomic E-state index is -0.689. The zero-order chi connectivity index (χ0) is 13.5. The van der Waals surface area contributed by atoms with Gasteiger partial charge in [-0.1, -0.05) is 20.8 Å². The van der Waals surface area contributed by atoms with E-state index in [1.54, 1.807) is 6.26 Å². The lowest BCUT2D eigenvalue weighted by molar-refractivity contribution is -0.149. The normalized spacial score (nSPS) is 42.9. The molecule has 0 aromatic carbocycles. The van der Waals surface area contributed by atoms with Crippen LogP contribution in [-0.4, -0.2) is 22.0 Å². The maximum atomic E-state index is 12.2. The Morgan fingerprint density at radius 3 is 2.78 bits per heavy atom. The number of ketones is 1. The Morgan fingerprint density at radius 2 is 2.17 bits per heavy atom. The lowest BCUT2D eigenvalue weighted by Gasteiger charge is -2.55. The highest BCUT2D eigenvalue weighted by Gasteiger charge is 2.54. The predicted octanol–water partition coefficient (Wildman–Crippen LogP) is 3.03. The first-order chi connectivity index (χ1) is 8.36. The predicted molar refractivity (Wildman–Crippen MR) is 75.8 cm³/mol. The van der Waals surface area contributed by atoms with Gasteiger partial charge in [-0.15, -0.1) is 0 Å². The topological polar surface area (TPSA) is 34.1 Å². The van der Waals surface area contributed by atoms with Crippen molar-refractivity contribution >= 4 is 16.6 Å². The molecule has 0 saturated heterocycles. The van der Waals surface area contributed by atoms with E-state index >= 15 is 0 Å². The van der Waals surface area contributed by atoms with Crippen LogP contribution < -0.4 is 0 Å². The molecule has 3 fully saturated rings. The van der Waals surface area contributed by atoms with Gasteiger partial charge in [0.05, 0.1) is 0 Å². The van der Waals surface area contributed by atoms with Gasteiger partial charge in [-0.2, -0.15) is 0 Å². The van der Waals surface area contributed by atoms with Crippen molar-refractivity contribution < 1.29 is 9.00 Å². The van der Waals surface area contributed by atoms with Crippen LogP contribution in [0.25, 0.3) is 0 Å². The molecular formula is C15H26O2S. The van der Waals surface area contributed by atoms with E-state index in [1.807, 2.05) is 0 Å². The molecule has 2 nitrogen and oxygen atoms in total. The summed E-state index contributed by atoms with van der Waals surface area (Å²) in [6.45, 7) is 6.74. The molecule has 2 bridgehead atoms. The second kappa shape index (κ2) is 5.07. The van der Waals surface area contributed by atoms with Gasteiger partial charge in [0.15, 0.2) is 0 Å². The smallest absolute Gasteiger partial charge is 0.139 e. The second-order valence-corrected chi connectivity index (χ2v) is 8.31. The zero-order valence-corrected chi connectivity index (χ0v) is 12.9. The minimum Gasteiger partial charge on any atom is -0.299 e. The Kier molecular flexibility index (Phi) is 4.01. The molecule has 3 heteroatoms. The Morgan fingerprint density at radius 1 is 1.50 bits per heavy atom. The molecule has 18 heavy (non-hydrogen) atoms. The van der Waals surface area contributed by atoms with E-state index in [4.69, 9.17) is 0 Å². The Bertz CT molecular complexity index is 366. The average Bonchev–Trinajstić information content (AvgIpc) is 2.32. The van der Waals surface area contributed by atoms with Gasteiger partial charge >= 0.3 is 0 Å².